The molecule has 2 aromatic carbocycles. The molecule has 2 N–H and O–H groups in total. The largest absolute Gasteiger partial charge is 0.494 e. The van der Waals surface area contributed by atoms with Crippen LogP contribution in [0.4, 0.5) is 10.8 Å². The first-order chi connectivity index (χ1) is 15.4. The maximum absolute atomic E-state index is 12.4. The number of ether oxygens (including phenoxy) is 1. The van der Waals surface area contributed by atoms with Crippen LogP contribution in [-0.2, 0) is 4.79 Å². The van der Waals surface area contributed by atoms with E-state index in [2.05, 4.69) is 33.8 Å². The Labute approximate surface area is 196 Å². The lowest BCUT2D eigenvalue weighted by atomic mass is 10.1. The number of carbonyl (C=O) groups is 2. The van der Waals surface area contributed by atoms with Gasteiger partial charge in [0.2, 0.25) is 11.0 Å². The lowest BCUT2D eigenvalue weighted by Gasteiger charge is -2.06. The van der Waals surface area contributed by atoms with Crippen molar-refractivity contribution in [3.63, 3.8) is 0 Å². The van der Waals surface area contributed by atoms with Crippen molar-refractivity contribution in [1.82, 2.24) is 10.2 Å². The van der Waals surface area contributed by atoms with Gasteiger partial charge in [-0.15, -0.1) is 10.2 Å². The summed E-state index contributed by atoms with van der Waals surface area (Å²) in [5, 5.41) is 14.1. The zero-order valence-electron chi connectivity index (χ0n) is 18.3. The van der Waals surface area contributed by atoms with Gasteiger partial charge in [-0.2, -0.15) is 0 Å². The summed E-state index contributed by atoms with van der Waals surface area (Å²) >= 11 is 2.51. The van der Waals surface area contributed by atoms with Gasteiger partial charge in [0, 0.05) is 11.3 Å². The third-order valence-corrected chi connectivity index (χ3v) is 6.31. The summed E-state index contributed by atoms with van der Waals surface area (Å²) in [5.74, 6) is 0.547. The number of benzene rings is 2. The van der Waals surface area contributed by atoms with Gasteiger partial charge < -0.3 is 10.1 Å². The van der Waals surface area contributed by atoms with Crippen LogP contribution in [0.25, 0.3) is 0 Å². The first-order valence-corrected chi connectivity index (χ1v) is 12.1. The molecule has 32 heavy (non-hydrogen) atoms. The minimum absolute atomic E-state index is 0.123. The molecule has 0 bridgehead atoms. The average Bonchev–Trinajstić information content (AvgIpc) is 3.19. The minimum Gasteiger partial charge on any atom is -0.494 e. The molecular weight excluding hydrogens is 444 g/mol. The summed E-state index contributed by atoms with van der Waals surface area (Å²) < 4.78 is 6.22. The van der Waals surface area contributed by atoms with E-state index in [0.717, 1.165) is 35.4 Å². The molecule has 1 aromatic heterocycles. The molecular formula is C23H26N4O3S2. The molecule has 0 fully saturated rings. The summed E-state index contributed by atoms with van der Waals surface area (Å²) in [6.45, 7) is 6.75. The quantitative estimate of drug-likeness (QED) is 0.237. The van der Waals surface area contributed by atoms with Crippen molar-refractivity contribution in [2.75, 3.05) is 23.0 Å². The Morgan fingerprint density at radius 3 is 2.44 bits per heavy atom. The predicted molar refractivity (Wildman–Crippen MR) is 130 cm³/mol. The Morgan fingerprint density at radius 1 is 1.03 bits per heavy atom. The lowest BCUT2D eigenvalue weighted by Crippen LogP contribution is -2.14. The van der Waals surface area contributed by atoms with Crippen LogP contribution in [0.1, 0.15) is 41.3 Å². The monoisotopic (exact) mass is 470 g/mol. The molecule has 0 radical (unpaired) electrons. The Morgan fingerprint density at radius 2 is 1.75 bits per heavy atom. The maximum Gasteiger partial charge on any atom is 0.257 e. The Balaban J connectivity index is 1.47. The van der Waals surface area contributed by atoms with Crippen molar-refractivity contribution in [1.29, 1.82) is 0 Å². The standard InChI is InChI=1S/C23H26N4O3S2/c1-4-5-10-30-19-8-6-17(7-9-19)21(29)25-22-26-27-23(32-22)31-14-20(28)24-18-12-15(2)11-16(3)13-18/h6-9,11-13H,4-5,10,14H2,1-3H3,(H,24,28)(H,25,26,29). The molecule has 2 amide bonds. The fraction of sp³-hybridized carbons (Fsp3) is 0.304. The summed E-state index contributed by atoms with van der Waals surface area (Å²) in [4.78, 5) is 24.7. The summed E-state index contributed by atoms with van der Waals surface area (Å²) in [5.41, 5.74) is 3.47. The molecule has 3 rings (SSSR count). The highest BCUT2D eigenvalue weighted by atomic mass is 32.2. The van der Waals surface area contributed by atoms with Gasteiger partial charge in [0.1, 0.15) is 5.75 Å². The molecule has 0 spiro atoms. The number of hydrogen-bond donors (Lipinski definition) is 2. The molecule has 168 valence electrons. The normalized spacial score (nSPS) is 10.6. The van der Waals surface area contributed by atoms with E-state index in [-0.39, 0.29) is 17.6 Å². The summed E-state index contributed by atoms with van der Waals surface area (Å²) in [6.07, 6.45) is 2.06. The van der Waals surface area contributed by atoms with E-state index < -0.39 is 0 Å². The second-order valence-electron chi connectivity index (χ2n) is 7.27. The Kier molecular flexibility index (Phi) is 8.64. The van der Waals surface area contributed by atoms with E-state index in [1.54, 1.807) is 24.3 Å². The van der Waals surface area contributed by atoms with Crippen LogP contribution in [0.2, 0.25) is 0 Å². The third-order valence-electron chi connectivity index (χ3n) is 4.34. The third kappa shape index (κ3) is 7.35. The molecule has 0 aliphatic rings. The van der Waals surface area contributed by atoms with Crippen molar-refractivity contribution in [3.8, 4) is 5.75 Å². The van der Waals surface area contributed by atoms with E-state index >= 15 is 0 Å². The highest BCUT2D eigenvalue weighted by molar-refractivity contribution is 8.01. The van der Waals surface area contributed by atoms with E-state index in [9.17, 15) is 9.59 Å². The van der Waals surface area contributed by atoms with Crippen LogP contribution >= 0.6 is 23.1 Å². The highest BCUT2D eigenvalue weighted by Crippen LogP contribution is 2.26. The van der Waals surface area contributed by atoms with Crippen LogP contribution in [0.15, 0.2) is 46.8 Å². The minimum atomic E-state index is -0.273. The number of amides is 2. The first-order valence-electron chi connectivity index (χ1n) is 10.3. The molecule has 3 aromatic rings. The summed E-state index contributed by atoms with van der Waals surface area (Å²) in [6, 6.07) is 12.9. The van der Waals surface area contributed by atoms with Crippen LogP contribution in [-0.4, -0.2) is 34.4 Å². The Bertz CT molecular complexity index is 1050. The number of carbonyl (C=O) groups excluding carboxylic acids is 2. The van der Waals surface area contributed by atoms with Crippen LogP contribution in [0, 0.1) is 13.8 Å². The van der Waals surface area contributed by atoms with Gasteiger partial charge in [-0.25, -0.2) is 0 Å². The second kappa shape index (κ2) is 11.6. The number of unbranched alkanes of at least 4 members (excludes halogenated alkanes) is 1. The lowest BCUT2D eigenvalue weighted by molar-refractivity contribution is -0.113. The van der Waals surface area contributed by atoms with Crippen LogP contribution in [0.5, 0.6) is 5.75 Å². The van der Waals surface area contributed by atoms with Crippen molar-refractivity contribution in [2.45, 2.75) is 38.0 Å². The average molecular weight is 471 g/mol. The number of hydrogen-bond acceptors (Lipinski definition) is 7. The number of thioether (sulfide) groups is 1. The number of rotatable bonds is 10. The van der Waals surface area contributed by atoms with Gasteiger partial charge in [0.05, 0.1) is 12.4 Å². The van der Waals surface area contributed by atoms with Crippen molar-refractivity contribution in [2.24, 2.45) is 0 Å². The number of nitrogens with one attached hydrogen (secondary N) is 2. The molecule has 0 saturated heterocycles. The zero-order valence-corrected chi connectivity index (χ0v) is 19.9. The fourth-order valence-electron chi connectivity index (χ4n) is 2.90. The van der Waals surface area contributed by atoms with Crippen LogP contribution < -0.4 is 15.4 Å². The van der Waals surface area contributed by atoms with Gasteiger partial charge in [0.25, 0.3) is 5.91 Å². The van der Waals surface area contributed by atoms with E-state index in [4.69, 9.17) is 4.74 Å². The van der Waals surface area contributed by atoms with E-state index in [0.29, 0.717) is 21.6 Å². The van der Waals surface area contributed by atoms with Gasteiger partial charge in [-0.3, -0.25) is 14.9 Å². The molecule has 0 unspecified atom stereocenters. The fourth-order valence-corrected chi connectivity index (χ4v) is 4.44. The van der Waals surface area contributed by atoms with Crippen LogP contribution in [0.3, 0.4) is 0 Å². The number of nitrogens with zero attached hydrogens (tertiary/aromatic N) is 2. The topological polar surface area (TPSA) is 93.2 Å². The molecule has 0 aliphatic carbocycles. The number of anilines is 2. The van der Waals surface area contributed by atoms with Crippen molar-refractivity contribution >= 4 is 45.7 Å². The second-order valence-corrected chi connectivity index (χ2v) is 9.47. The van der Waals surface area contributed by atoms with Gasteiger partial charge in [-0.1, -0.05) is 42.5 Å². The zero-order chi connectivity index (χ0) is 22.9. The van der Waals surface area contributed by atoms with E-state index in [1.165, 1.54) is 23.1 Å². The van der Waals surface area contributed by atoms with Gasteiger partial charge >= 0.3 is 0 Å². The predicted octanol–water partition coefficient (Wildman–Crippen LogP) is 5.32. The van der Waals surface area contributed by atoms with E-state index in [1.807, 2.05) is 26.0 Å². The summed E-state index contributed by atoms with van der Waals surface area (Å²) in [7, 11) is 0. The first kappa shape index (κ1) is 23.7. The smallest absolute Gasteiger partial charge is 0.257 e. The molecule has 0 aliphatic heterocycles. The maximum atomic E-state index is 12.4. The number of aryl methyl sites for hydroxylation is 2. The molecule has 7 nitrogen and oxygen atoms in total. The van der Waals surface area contributed by atoms with Gasteiger partial charge in [0.15, 0.2) is 4.34 Å². The van der Waals surface area contributed by atoms with Crippen molar-refractivity contribution < 1.29 is 14.3 Å². The number of aromatic nitrogens is 2. The van der Waals surface area contributed by atoms with Gasteiger partial charge in [-0.05, 0) is 67.8 Å². The molecule has 0 atom stereocenters. The van der Waals surface area contributed by atoms with Crippen molar-refractivity contribution in [3.05, 3.63) is 59.2 Å². The highest BCUT2D eigenvalue weighted by Gasteiger charge is 2.12. The molecule has 0 saturated carbocycles. The SMILES string of the molecule is CCCCOc1ccc(C(=O)Nc2nnc(SCC(=O)Nc3cc(C)cc(C)c3)s2)cc1. The Hall–Kier alpha value is -2.91. The molecule has 1 heterocycles. The molecule has 9 heteroatoms.